The molecule has 0 aliphatic rings. The molecule has 0 aliphatic heterocycles. The highest BCUT2D eigenvalue weighted by atomic mass is 35.5. The summed E-state index contributed by atoms with van der Waals surface area (Å²) in [4.78, 5) is 8.21. The van der Waals surface area contributed by atoms with Crippen LogP contribution < -0.4 is 5.32 Å². The van der Waals surface area contributed by atoms with Crippen LogP contribution in [0.3, 0.4) is 0 Å². The van der Waals surface area contributed by atoms with E-state index in [0.717, 1.165) is 6.42 Å². The summed E-state index contributed by atoms with van der Waals surface area (Å²) in [6.45, 7) is 12.6. The Morgan fingerprint density at radius 2 is 1.84 bits per heavy atom. The molecule has 0 aliphatic carbocycles. The molecule has 2 N–H and O–H groups in total. The topological polar surface area (TPSA) is 61.7 Å². The third-order valence-electron chi connectivity index (χ3n) is 2.52. The minimum absolute atomic E-state index is 0.108. The molecule has 0 spiro atoms. The van der Waals surface area contributed by atoms with Gasteiger partial charge in [0.15, 0.2) is 0 Å². The normalized spacial score (nSPS) is 12.4. The molecule has 0 fully saturated rings. The predicted molar refractivity (Wildman–Crippen MR) is 81.3 cm³/mol. The molecule has 1 rings (SSSR count). The van der Waals surface area contributed by atoms with Gasteiger partial charge in [-0.25, -0.2) is 9.97 Å². The second-order valence-electron chi connectivity index (χ2n) is 6.78. The smallest absolute Gasteiger partial charge is 0.224 e. The number of halogens is 1. The molecule has 0 unspecified atom stereocenters. The van der Waals surface area contributed by atoms with Gasteiger partial charge in [0.05, 0.1) is 11.4 Å². The first-order chi connectivity index (χ1) is 8.48. The van der Waals surface area contributed by atoms with Gasteiger partial charge >= 0.3 is 0 Å². The lowest BCUT2D eigenvalue weighted by Gasteiger charge is -2.33. The Bertz CT molecular complexity index is 475. The Labute approximate surface area is 120 Å². The average Bonchev–Trinajstić information content (AvgIpc) is 2.10. The molecule has 0 saturated heterocycles. The number of hydrogen-bond acceptors (Lipinski definition) is 4. The van der Waals surface area contributed by atoms with Crippen molar-refractivity contribution in [3.63, 3.8) is 0 Å². The number of nitrogens with zero attached hydrogens (tertiary/aromatic N) is 2. The van der Waals surface area contributed by atoms with E-state index < -0.39 is 0 Å². The molecular formula is C14H23ClN4. The molecule has 0 aromatic carbocycles. The van der Waals surface area contributed by atoms with Crippen LogP contribution in [0.5, 0.6) is 0 Å². The van der Waals surface area contributed by atoms with Crippen LogP contribution in [0.2, 0.25) is 5.28 Å². The van der Waals surface area contributed by atoms with E-state index in [1.807, 2.05) is 0 Å². The van der Waals surface area contributed by atoms with Gasteiger partial charge in [-0.3, -0.25) is 0 Å². The fraction of sp³-hybridized carbons (Fsp3) is 0.643. The molecular weight excluding hydrogens is 260 g/mol. The van der Waals surface area contributed by atoms with Gasteiger partial charge in [0.2, 0.25) is 5.28 Å². The second-order valence-corrected chi connectivity index (χ2v) is 7.12. The lowest BCUT2D eigenvalue weighted by molar-refractivity contribution is 0.302. The molecule has 19 heavy (non-hydrogen) atoms. The summed E-state index contributed by atoms with van der Waals surface area (Å²) in [5.41, 5.74) is 1.03. The lowest BCUT2D eigenvalue weighted by Crippen LogP contribution is -2.35. The zero-order valence-corrected chi connectivity index (χ0v) is 13.3. The standard InChI is InChI=1S/C14H23ClN4/c1-9(16)10-7-11(18-12(15)17-10)19-14(5,6)8-13(2,3)4/h7,16H,8H2,1-6H3,(H,17,18,19). The Morgan fingerprint density at radius 3 is 2.32 bits per heavy atom. The fourth-order valence-electron chi connectivity index (χ4n) is 2.39. The Hall–Kier alpha value is -1.16. The van der Waals surface area contributed by atoms with Crippen LogP contribution in [0.4, 0.5) is 5.82 Å². The number of aromatic nitrogens is 2. The molecule has 0 bridgehead atoms. The van der Waals surface area contributed by atoms with Crippen LogP contribution in [0.1, 0.15) is 53.7 Å². The maximum atomic E-state index is 7.63. The average molecular weight is 283 g/mol. The van der Waals surface area contributed by atoms with E-state index in [4.69, 9.17) is 17.0 Å². The van der Waals surface area contributed by atoms with E-state index in [1.54, 1.807) is 13.0 Å². The van der Waals surface area contributed by atoms with E-state index in [0.29, 0.717) is 17.2 Å². The second kappa shape index (κ2) is 5.45. The van der Waals surface area contributed by atoms with Gasteiger partial charge < -0.3 is 10.7 Å². The first-order valence-corrected chi connectivity index (χ1v) is 6.75. The number of hydrogen-bond donors (Lipinski definition) is 2. The van der Waals surface area contributed by atoms with Gasteiger partial charge in [0, 0.05) is 11.6 Å². The van der Waals surface area contributed by atoms with Crippen molar-refractivity contribution in [3.8, 4) is 0 Å². The first kappa shape index (κ1) is 15.9. The molecule has 0 saturated carbocycles. The zero-order chi connectivity index (χ0) is 14.8. The Morgan fingerprint density at radius 1 is 1.26 bits per heavy atom. The van der Waals surface area contributed by atoms with E-state index in [-0.39, 0.29) is 16.2 Å². The summed E-state index contributed by atoms with van der Waals surface area (Å²) in [6.07, 6.45) is 0.987. The van der Waals surface area contributed by atoms with Crippen molar-refractivity contribution in [2.24, 2.45) is 5.41 Å². The summed E-state index contributed by atoms with van der Waals surface area (Å²) in [5, 5.41) is 11.2. The molecule has 5 heteroatoms. The molecule has 1 aromatic heterocycles. The Balaban J connectivity index is 2.96. The molecule has 1 aromatic rings. The predicted octanol–water partition coefficient (Wildman–Crippen LogP) is 4.14. The third-order valence-corrected chi connectivity index (χ3v) is 2.69. The SMILES string of the molecule is CC(=N)c1cc(NC(C)(C)CC(C)(C)C)nc(Cl)n1. The van der Waals surface area contributed by atoms with E-state index >= 15 is 0 Å². The quantitative estimate of drug-likeness (QED) is 0.644. The minimum atomic E-state index is -0.108. The maximum Gasteiger partial charge on any atom is 0.224 e. The Kier molecular flexibility index (Phi) is 4.56. The van der Waals surface area contributed by atoms with Crippen LogP contribution in [0.15, 0.2) is 6.07 Å². The highest BCUT2D eigenvalue weighted by Gasteiger charge is 2.25. The largest absolute Gasteiger partial charge is 0.365 e. The number of nitrogens with one attached hydrogen (secondary N) is 2. The van der Waals surface area contributed by atoms with Crippen molar-refractivity contribution in [1.29, 1.82) is 5.41 Å². The summed E-state index contributed by atoms with van der Waals surface area (Å²) >= 11 is 5.90. The fourth-order valence-corrected chi connectivity index (χ4v) is 2.57. The van der Waals surface area contributed by atoms with Gasteiger partial charge in [-0.15, -0.1) is 0 Å². The van der Waals surface area contributed by atoms with E-state index in [2.05, 4.69) is 49.9 Å². The molecule has 1 heterocycles. The summed E-state index contributed by atoms with van der Waals surface area (Å²) < 4.78 is 0. The van der Waals surface area contributed by atoms with E-state index in [1.165, 1.54) is 0 Å². The van der Waals surface area contributed by atoms with E-state index in [9.17, 15) is 0 Å². The van der Waals surface area contributed by atoms with Crippen LogP contribution in [-0.4, -0.2) is 21.2 Å². The number of rotatable bonds is 4. The zero-order valence-electron chi connectivity index (χ0n) is 12.6. The lowest BCUT2D eigenvalue weighted by atomic mass is 9.82. The van der Waals surface area contributed by atoms with Crippen molar-refractivity contribution in [2.75, 3.05) is 5.32 Å². The molecule has 0 atom stereocenters. The highest BCUT2D eigenvalue weighted by Crippen LogP contribution is 2.29. The summed E-state index contributed by atoms with van der Waals surface area (Å²) in [5.74, 6) is 0.663. The van der Waals surface area contributed by atoms with Gasteiger partial charge in [-0.2, -0.15) is 0 Å². The number of anilines is 1. The van der Waals surface area contributed by atoms with Gasteiger partial charge in [0.1, 0.15) is 5.82 Å². The maximum absolute atomic E-state index is 7.63. The summed E-state index contributed by atoms with van der Waals surface area (Å²) in [7, 11) is 0. The molecule has 106 valence electrons. The van der Waals surface area contributed by atoms with Crippen molar-refractivity contribution in [3.05, 3.63) is 17.0 Å². The third kappa shape index (κ3) is 5.55. The van der Waals surface area contributed by atoms with Crippen LogP contribution in [-0.2, 0) is 0 Å². The van der Waals surface area contributed by atoms with Gasteiger partial charge in [0.25, 0.3) is 0 Å². The van der Waals surface area contributed by atoms with Crippen LogP contribution >= 0.6 is 11.6 Å². The monoisotopic (exact) mass is 282 g/mol. The minimum Gasteiger partial charge on any atom is -0.365 e. The van der Waals surface area contributed by atoms with Crippen molar-refractivity contribution in [2.45, 2.75) is 53.5 Å². The first-order valence-electron chi connectivity index (χ1n) is 6.37. The van der Waals surface area contributed by atoms with Crippen molar-refractivity contribution < 1.29 is 0 Å². The van der Waals surface area contributed by atoms with Crippen LogP contribution in [0.25, 0.3) is 0 Å². The molecule has 0 radical (unpaired) electrons. The highest BCUT2D eigenvalue weighted by molar-refractivity contribution is 6.28. The molecule has 4 nitrogen and oxygen atoms in total. The molecule has 0 amide bonds. The van der Waals surface area contributed by atoms with Crippen LogP contribution in [0, 0.1) is 10.8 Å². The summed E-state index contributed by atoms with van der Waals surface area (Å²) in [6, 6.07) is 1.76. The van der Waals surface area contributed by atoms with Gasteiger partial charge in [-0.05, 0) is 44.2 Å². The van der Waals surface area contributed by atoms with Crippen molar-refractivity contribution >= 4 is 23.1 Å². The van der Waals surface area contributed by atoms with Gasteiger partial charge in [-0.1, -0.05) is 20.8 Å². The van der Waals surface area contributed by atoms with Crippen molar-refractivity contribution in [1.82, 2.24) is 9.97 Å².